The Morgan fingerprint density at radius 1 is 1.36 bits per heavy atom. The highest BCUT2D eigenvalue weighted by Gasteiger charge is 2.39. The predicted octanol–water partition coefficient (Wildman–Crippen LogP) is 2.34. The standard InChI is InChI=1S/C11H13ClN2/c12-11-4-1-7(6-13-11)9-5-8-2-3-10(9)14-8/h1,4,6,8-10,14H,2-3,5H2/t8-,9?,10?/m0/s1. The van der Waals surface area contributed by atoms with E-state index in [9.17, 15) is 0 Å². The van der Waals surface area contributed by atoms with Gasteiger partial charge in [0.15, 0.2) is 0 Å². The van der Waals surface area contributed by atoms with Crippen molar-refractivity contribution in [3.8, 4) is 0 Å². The summed E-state index contributed by atoms with van der Waals surface area (Å²) in [6, 6.07) is 5.44. The molecule has 2 unspecified atom stereocenters. The van der Waals surface area contributed by atoms with Crippen molar-refractivity contribution < 1.29 is 0 Å². The molecular formula is C11H13ClN2. The molecule has 2 fully saturated rings. The molecule has 1 aromatic heterocycles. The molecule has 3 heteroatoms. The molecule has 2 aliphatic heterocycles. The van der Waals surface area contributed by atoms with Crippen molar-refractivity contribution >= 4 is 11.6 Å². The average Bonchev–Trinajstić information content (AvgIpc) is 2.80. The van der Waals surface area contributed by atoms with E-state index in [0.29, 0.717) is 17.1 Å². The molecule has 74 valence electrons. The van der Waals surface area contributed by atoms with Crippen molar-refractivity contribution in [2.45, 2.75) is 37.3 Å². The fourth-order valence-corrected chi connectivity index (χ4v) is 2.91. The number of fused-ring (bicyclic) bond motifs is 2. The van der Waals surface area contributed by atoms with E-state index in [1.807, 2.05) is 12.3 Å². The van der Waals surface area contributed by atoms with Crippen molar-refractivity contribution in [2.24, 2.45) is 0 Å². The summed E-state index contributed by atoms with van der Waals surface area (Å²) in [4.78, 5) is 4.14. The maximum absolute atomic E-state index is 5.77. The van der Waals surface area contributed by atoms with E-state index in [2.05, 4.69) is 16.4 Å². The predicted molar refractivity (Wildman–Crippen MR) is 56.6 cm³/mol. The van der Waals surface area contributed by atoms with Crippen LogP contribution in [-0.2, 0) is 0 Å². The molecule has 2 bridgehead atoms. The molecule has 3 heterocycles. The molecule has 2 aliphatic rings. The normalized spacial score (nSPS) is 35.1. The lowest BCUT2D eigenvalue weighted by Crippen LogP contribution is -2.21. The van der Waals surface area contributed by atoms with Crippen LogP contribution in [0.2, 0.25) is 5.15 Å². The van der Waals surface area contributed by atoms with Gasteiger partial charge in [-0.3, -0.25) is 0 Å². The summed E-state index contributed by atoms with van der Waals surface area (Å²) in [5.41, 5.74) is 1.34. The molecule has 3 atom stereocenters. The van der Waals surface area contributed by atoms with E-state index in [-0.39, 0.29) is 0 Å². The Labute approximate surface area is 88.7 Å². The molecule has 14 heavy (non-hydrogen) atoms. The van der Waals surface area contributed by atoms with Crippen LogP contribution in [0.5, 0.6) is 0 Å². The topological polar surface area (TPSA) is 24.9 Å². The first-order valence-corrected chi connectivity index (χ1v) is 5.58. The van der Waals surface area contributed by atoms with Gasteiger partial charge in [0.2, 0.25) is 0 Å². The second-order valence-electron chi connectivity index (χ2n) is 4.30. The zero-order chi connectivity index (χ0) is 9.54. The Morgan fingerprint density at radius 3 is 2.86 bits per heavy atom. The number of nitrogens with zero attached hydrogens (tertiary/aromatic N) is 1. The van der Waals surface area contributed by atoms with Crippen molar-refractivity contribution in [2.75, 3.05) is 0 Å². The third-order valence-electron chi connectivity index (χ3n) is 3.48. The second-order valence-corrected chi connectivity index (χ2v) is 4.69. The SMILES string of the molecule is Clc1ccc(C2C[C@@H]3CCC2N3)cn1. The van der Waals surface area contributed by atoms with E-state index >= 15 is 0 Å². The van der Waals surface area contributed by atoms with Gasteiger partial charge in [-0.15, -0.1) is 0 Å². The first-order valence-electron chi connectivity index (χ1n) is 5.20. The van der Waals surface area contributed by atoms with Crippen LogP contribution in [0.25, 0.3) is 0 Å². The summed E-state index contributed by atoms with van der Waals surface area (Å²) in [7, 11) is 0. The number of nitrogens with one attached hydrogen (secondary N) is 1. The molecule has 0 spiro atoms. The van der Waals surface area contributed by atoms with Gasteiger partial charge in [-0.1, -0.05) is 17.7 Å². The summed E-state index contributed by atoms with van der Waals surface area (Å²) in [5.74, 6) is 0.665. The minimum absolute atomic E-state index is 0.588. The molecule has 2 nitrogen and oxygen atoms in total. The highest BCUT2D eigenvalue weighted by Crippen LogP contribution is 2.39. The van der Waals surface area contributed by atoms with Crippen LogP contribution < -0.4 is 5.32 Å². The number of hydrogen-bond donors (Lipinski definition) is 1. The van der Waals surface area contributed by atoms with Gasteiger partial charge in [0, 0.05) is 24.2 Å². The quantitative estimate of drug-likeness (QED) is 0.717. The van der Waals surface area contributed by atoms with Gasteiger partial charge >= 0.3 is 0 Å². The third kappa shape index (κ3) is 1.33. The van der Waals surface area contributed by atoms with Gasteiger partial charge in [-0.05, 0) is 30.9 Å². The van der Waals surface area contributed by atoms with E-state index in [1.54, 1.807) is 0 Å². The molecule has 2 saturated heterocycles. The number of pyridine rings is 1. The first-order chi connectivity index (χ1) is 6.83. The fourth-order valence-electron chi connectivity index (χ4n) is 2.80. The van der Waals surface area contributed by atoms with Gasteiger partial charge in [0.1, 0.15) is 5.15 Å². The lowest BCUT2D eigenvalue weighted by Gasteiger charge is -2.19. The maximum Gasteiger partial charge on any atom is 0.129 e. The van der Waals surface area contributed by atoms with Crippen LogP contribution in [0, 0.1) is 0 Å². The van der Waals surface area contributed by atoms with Crippen molar-refractivity contribution in [3.63, 3.8) is 0 Å². The minimum Gasteiger partial charge on any atom is -0.311 e. The van der Waals surface area contributed by atoms with E-state index in [4.69, 9.17) is 11.6 Å². The van der Waals surface area contributed by atoms with Crippen LogP contribution in [0.15, 0.2) is 18.3 Å². The van der Waals surface area contributed by atoms with Crippen molar-refractivity contribution in [1.29, 1.82) is 0 Å². The lowest BCUT2D eigenvalue weighted by molar-refractivity contribution is 0.505. The van der Waals surface area contributed by atoms with Crippen LogP contribution in [0.3, 0.4) is 0 Å². The number of hydrogen-bond acceptors (Lipinski definition) is 2. The van der Waals surface area contributed by atoms with E-state index < -0.39 is 0 Å². The van der Waals surface area contributed by atoms with Crippen LogP contribution >= 0.6 is 11.6 Å². The average molecular weight is 209 g/mol. The van der Waals surface area contributed by atoms with Gasteiger partial charge < -0.3 is 5.32 Å². The zero-order valence-electron chi connectivity index (χ0n) is 7.91. The molecular weight excluding hydrogens is 196 g/mol. The molecule has 1 aromatic rings. The Bertz CT molecular complexity index is 336. The smallest absolute Gasteiger partial charge is 0.129 e. The second kappa shape index (κ2) is 3.21. The number of rotatable bonds is 1. The van der Waals surface area contributed by atoms with Crippen LogP contribution in [0.1, 0.15) is 30.7 Å². The van der Waals surface area contributed by atoms with E-state index in [0.717, 1.165) is 6.04 Å². The monoisotopic (exact) mass is 208 g/mol. The maximum atomic E-state index is 5.77. The van der Waals surface area contributed by atoms with Crippen molar-refractivity contribution in [3.05, 3.63) is 29.0 Å². The van der Waals surface area contributed by atoms with Crippen molar-refractivity contribution in [1.82, 2.24) is 10.3 Å². The summed E-state index contributed by atoms with van der Waals surface area (Å²) in [6.07, 6.45) is 5.86. The molecule has 0 amide bonds. The first kappa shape index (κ1) is 8.69. The molecule has 3 rings (SSSR count). The number of aromatic nitrogens is 1. The van der Waals surface area contributed by atoms with Gasteiger partial charge in [0.25, 0.3) is 0 Å². The highest BCUT2D eigenvalue weighted by molar-refractivity contribution is 6.29. The minimum atomic E-state index is 0.588. The lowest BCUT2D eigenvalue weighted by atomic mass is 9.85. The highest BCUT2D eigenvalue weighted by atomic mass is 35.5. The number of halogens is 1. The van der Waals surface area contributed by atoms with Crippen LogP contribution in [-0.4, -0.2) is 17.1 Å². The summed E-state index contributed by atoms with van der Waals surface area (Å²) >= 11 is 5.77. The Kier molecular flexibility index (Phi) is 1.99. The van der Waals surface area contributed by atoms with Gasteiger partial charge in [-0.25, -0.2) is 4.98 Å². The zero-order valence-corrected chi connectivity index (χ0v) is 8.67. The van der Waals surface area contributed by atoms with Gasteiger partial charge in [-0.2, -0.15) is 0 Å². The third-order valence-corrected chi connectivity index (χ3v) is 3.70. The Morgan fingerprint density at radius 2 is 2.29 bits per heavy atom. The molecule has 0 aliphatic carbocycles. The molecule has 0 saturated carbocycles. The Balaban J connectivity index is 1.86. The van der Waals surface area contributed by atoms with E-state index in [1.165, 1.54) is 24.8 Å². The largest absolute Gasteiger partial charge is 0.311 e. The van der Waals surface area contributed by atoms with Gasteiger partial charge in [0.05, 0.1) is 0 Å². The summed E-state index contributed by atoms with van der Waals surface area (Å²) in [6.45, 7) is 0. The van der Waals surface area contributed by atoms with Crippen LogP contribution in [0.4, 0.5) is 0 Å². The molecule has 1 N–H and O–H groups in total. The fraction of sp³-hybridized carbons (Fsp3) is 0.545. The summed E-state index contributed by atoms with van der Waals surface area (Å²) in [5, 5.41) is 4.22. The Hall–Kier alpha value is -0.600. The summed E-state index contributed by atoms with van der Waals surface area (Å²) < 4.78 is 0. The molecule has 0 radical (unpaired) electrons. The molecule has 0 aromatic carbocycles.